The molecule has 6 aromatic heterocycles. The van der Waals surface area contributed by atoms with Gasteiger partial charge in [0.05, 0.1) is 55.6 Å². The van der Waals surface area contributed by atoms with Crippen molar-refractivity contribution < 1.29 is 18.3 Å². The quantitative estimate of drug-likeness (QED) is 0.0733. The highest BCUT2D eigenvalue weighted by atomic mass is 35.5. The Morgan fingerprint density at radius 2 is 1.05 bits per heavy atom. The van der Waals surface area contributed by atoms with Crippen molar-refractivity contribution in [2.24, 2.45) is 5.73 Å². The molecular weight excluding hydrogens is 1010 g/mol. The van der Waals surface area contributed by atoms with E-state index in [1.165, 1.54) is 66.1 Å². The smallest absolute Gasteiger partial charge is 0.316 e. The number of hydrogen-bond acceptors (Lipinski definition) is 16. The number of methoxy groups -OCH3 is 2. The molecule has 384 valence electrons. The van der Waals surface area contributed by atoms with Crippen LogP contribution in [0, 0.1) is 24.8 Å². The lowest BCUT2D eigenvalue weighted by molar-refractivity contribution is 0.380. The number of nitrogens with one attached hydrogen (secondary N) is 1. The first-order valence-corrected chi connectivity index (χ1v) is 23.3. The number of ether oxygens (including phenoxy) is 2. The lowest BCUT2D eigenvalue weighted by atomic mass is 9.99. The molecule has 0 saturated heterocycles. The normalized spacial score (nSPS) is 11.5. The Hall–Kier alpha value is -10.3. The third-order valence-electron chi connectivity index (χ3n) is 11.6. The van der Waals surface area contributed by atoms with E-state index in [4.69, 9.17) is 51.4 Å². The van der Waals surface area contributed by atoms with Crippen molar-refractivity contribution in [3.05, 3.63) is 206 Å². The average Bonchev–Trinajstić information content (AvgIpc) is 3.43. The van der Waals surface area contributed by atoms with Crippen LogP contribution in [0.1, 0.15) is 37.3 Å². The van der Waals surface area contributed by atoms with Gasteiger partial charge in [0.1, 0.15) is 22.6 Å². The molecule has 0 unspecified atom stereocenters. The van der Waals surface area contributed by atoms with E-state index in [1.807, 2.05) is 49.4 Å². The van der Waals surface area contributed by atoms with E-state index in [-0.39, 0.29) is 57.4 Å². The zero-order chi connectivity index (χ0) is 54.9. The van der Waals surface area contributed by atoms with E-state index in [1.54, 1.807) is 56.0 Å². The maximum absolute atomic E-state index is 14.3. The van der Waals surface area contributed by atoms with Crippen molar-refractivity contribution in [1.29, 1.82) is 0 Å². The van der Waals surface area contributed by atoms with Crippen LogP contribution >= 0.6 is 11.6 Å². The van der Waals surface area contributed by atoms with Gasteiger partial charge in [-0.05, 0) is 84.3 Å². The first-order valence-electron chi connectivity index (χ1n) is 22.9. The third kappa shape index (κ3) is 11.6. The zero-order valence-corrected chi connectivity index (χ0v) is 42.0. The van der Waals surface area contributed by atoms with E-state index in [2.05, 4.69) is 54.9 Å². The Morgan fingerprint density at radius 1 is 0.610 bits per heavy atom. The second kappa shape index (κ2) is 23.3. The number of pyridine rings is 2. The molecule has 0 amide bonds. The lowest BCUT2D eigenvalue weighted by Gasteiger charge is -2.22. The summed E-state index contributed by atoms with van der Waals surface area (Å²) in [6.45, 7) is 17.6. The topological polar surface area (TPSA) is 264 Å². The lowest BCUT2D eigenvalue weighted by Crippen LogP contribution is -2.26. The van der Waals surface area contributed by atoms with Crippen LogP contribution in [0.4, 0.5) is 37.9 Å². The van der Waals surface area contributed by atoms with Gasteiger partial charge in [-0.15, -0.1) is 0 Å². The fourth-order valence-electron chi connectivity index (χ4n) is 8.08. The number of fused-ring (bicyclic) bond motifs is 2. The molecule has 0 aliphatic rings. The van der Waals surface area contributed by atoms with Crippen LogP contribution in [-0.4, -0.2) is 63.2 Å². The van der Waals surface area contributed by atoms with Crippen LogP contribution in [0.25, 0.3) is 64.9 Å². The standard InChI is InChI=1S/C27H21FN8O2.C22H19FN4O2.C5H3ClN4/c1-15(34-24-21(30-2)14-31-26(29)35-24)22-10-16-6-4-9-20(17-12-32-27(38-3)33-13-17)23(16)25(37)36(22)19-8-5-7-18(28)11-19;1-13(24)19-9-14-5-3-8-18(15-11-25-22(29-2)26-12-15)20(14)21(28)27(19)17-7-4-6-16(23)10-17;1-8-3-2-9-5(7)10-4(3)6/h4-15H,1,3H3,(H3,29,31,34,35);3-13H,24H2,1-2H3;2H,(H2,7,9,10)/t15-;13-;/m00./s1. The Morgan fingerprint density at radius 3 is 1.49 bits per heavy atom. The van der Waals surface area contributed by atoms with Gasteiger partial charge >= 0.3 is 12.0 Å². The van der Waals surface area contributed by atoms with Crippen molar-refractivity contribution in [1.82, 2.24) is 49.0 Å². The molecule has 10 aromatic rings. The number of nitrogen functional groups attached to an aromatic ring is 2. The second-order valence-electron chi connectivity index (χ2n) is 16.6. The minimum Gasteiger partial charge on any atom is -0.467 e. The van der Waals surface area contributed by atoms with Gasteiger partial charge in [-0.1, -0.05) is 60.1 Å². The monoisotopic (exact) mass is 1050 g/mol. The Balaban J connectivity index is 0.000000177. The van der Waals surface area contributed by atoms with Gasteiger partial charge in [-0.2, -0.15) is 0 Å². The van der Waals surface area contributed by atoms with E-state index in [0.717, 1.165) is 5.39 Å². The van der Waals surface area contributed by atoms with Gasteiger partial charge in [0.25, 0.3) is 11.1 Å². The molecule has 7 N–H and O–H groups in total. The van der Waals surface area contributed by atoms with Crippen LogP contribution in [0.2, 0.25) is 5.15 Å². The summed E-state index contributed by atoms with van der Waals surface area (Å²) in [4.78, 5) is 66.0. The van der Waals surface area contributed by atoms with E-state index in [0.29, 0.717) is 61.2 Å². The maximum atomic E-state index is 14.3. The predicted molar refractivity (Wildman–Crippen MR) is 289 cm³/mol. The Kier molecular flexibility index (Phi) is 16.0. The zero-order valence-electron chi connectivity index (χ0n) is 41.2. The summed E-state index contributed by atoms with van der Waals surface area (Å²) in [5.74, 6) is -0.613. The van der Waals surface area contributed by atoms with Crippen LogP contribution in [0.15, 0.2) is 144 Å². The molecule has 23 heteroatoms. The molecule has 0 bridgehead atoms. The summed E-state index contributed by atoms with van der Waals surface area (Å²) >= 11 is 5.48. The number of anilines is 3. The van der Waals surface area contributed by atoms with Crippen LogP contribution in [-0.2, 0) is 0 Å². The maximum Gasteiger partial charge on any atom is 0.316 e. The van der Waals surface area contributed by atoms with Gasteiger partial charge < -0.3 is 32.0 Å². The SMILES string of the molecule is COc1ncc(-c2cccc3cc([C@H](C)N)n(-c4cccc(F)c4)c(=O)c23)cn1.[C-]#[N+]c1cnc(N)nc1Cl.[C-]#[N+]c1cnc(N)nc1N[C@@H](C)c1cc2cccc(-c3cnc(OC)nc3)c2c(=O)n1-c1cccc(F)c1. The molecule has 0 fully saturated rings. The molecule has 77 heavy (non-hydrogen) atoms. The average molecular weight is 1050 g/mol. The van der Waals surface area contributed by atoms with Crippen molar-refractivity contribution in [2.45, 2.75) is 25.9 Å². The molecule has 10 rings (SSSR count). The molecule has 0 aliphatic carbocycles. The second-order valence-corrected chi connectivity index (χ2v) is 16.9. The van der Waals surface area contributed by atoms with E-state index >= 15 is 0 Å². The summed E-state index contributed by atoms with van der Waals surface area (Å²) in [6.07, 6.45) is 8.98. The fourth-order valence-corrected chi connectivity index (χ4v) is 8.26. The predicted octanol–water partition coefficient (Wildman–Crippen LogP) is 9.57. The van der Waals surface area contributed by atoms with Crippen molar-refractivity contribution >= 4 is 62.2 Å². The highest BCUT2D eigenvalue weighted by Gasteiger charge is 2.22. The number of rotatable bonds is 10. The molecule has 0 radical (unpaired) electrons. The number of nitrogens with zero attached hydrogens (tertiary/aromatic N) is 12. The molecule has 20 nitrogen and oxygen atoms in total. The van der Waals surface area contributed by atoms with Crippen LogP contribution in [0.3, 0.4) is 0 Å². The van der Waals surface area contributed by atoms with Crippen molar-refractivity contribution in [2.75, 3.05) is 31.0 Å². The number of hydrogen-bond donors (Lipinski definition) is 4. The van der Waals surface area contributed by atoms with Crippen LogP contribution < -0.4 is 43.1 Å². The minimum atomic E-state index is -0.543. The molecule has 0 spiro atoms. The Bertz CT molecular complexity index is 4040. The summed E-state index contributed by atoms with van der Waals surface area (Å²) in [5, 5.41) is 5.55. The molecule has 2 atom stereocenters. The molecular formula is C54H43ClF2N16O4. The highest BCUT2D eigenvalue weighted by molar-refractivity contribution is 6.32. The number of aromatic nitrogens is 10. The number of benzene rings is 4. The highest BCUT2D eigenvalue weighted by Crippen LogP contribution is 2.33. The third-order valence-corrected chi connectivity index (χ3v) is 11.8. The first kappa shape index (κ1) is 53.0. The van der Waals surface area contributed by atoms with Crippen molar-refractivity contribution in [3.8, 4) is 45.6 Å². The van der Waals surface area contributed by atoms with Gasteiger partial charge in [-0.3, -0.25) is 18.7 Å². The summed E-state index contributed by atoms with van der Waals surface area (Å²) in [7, 11) is 2.96. The van der Waals surface area contributed by atoms with Gasteiger partial charge in [-0.25, -0.2) is 58.3 Å². The largest absolute Gasteiger partial charge is 0.467 e. The van der Waals surface area contributed by atoms with Gasteiger partial charge in [0.2, 0.25) is 23.3 Å². The first-order chi connectivity index (χ1) is 37.1. The molecule has 0 aliphatic heterocycles. The van der Waals surface area contributed by atoms with Gasteiger partial charge in [0.15, 0.2) is 0 Å². The number of halogens is 3. The fraction of sp³-hybridized carbons (Fsp3) is 0.111. The summed E-state index contributed by atoms with van der Waals surface area (Å²) in [5.41, 5.74) is 21.3. The summed E-state index contributed by atoms with van der Waals surface area (Å²) < 4.78 is 41.2. The minimum absolute atomic E-state index is 0.000477. The van der Waals surface area contributed by atoms with E-state index in [9.17, 15) is 18.4 Å². The summed E-state index contributed by atoms with van der Waals surface area (Å²) in [6, 6.07) is 25.9. The molecule has 6 heterocycles. The Labute approximate surface area is 442 Å². The molecule has 0 saturated carbocycles. The number of nitrogens with two attached hydrogens (primary N) is 3. The molecule has 4 aromatic carbocycles. The van der Waals surface area contributed by atoms with E-state index < -0.39 is 23.7 Å². The van der Waals surface area contributed by atoms with Gasteiger partial charge in [0, 0.05) is 65.7 Å². The van der Waals surface area contributed by atoms with Crippen LogP contribution in [0.5, 0.6) is 12.0 Å². The van der Waals surface area contributed by atoms with Crippen molar-refractivity contribution in [3.63, 3.8) is 0 Å².